The molecule has 2 rings (SSSR count). The summed E-state index contributed by atoms with van der Waals surface area (Å²) < 4.78 is 7.10. The molecule has 0 aliphatic rings. The molecule has 0 spiro atoms. The summed E-state index contributed by atoms with van der Waals surface area (Å²) in [4.78, 5) is 0. The van der Waals surface area contributed by atoms with E-state index in [1.807, 2.05) is 37.3 Å². The number of nitrogens with two attached hydrogens (primary N) is 1. The van der Waals surface area contributed by atoms with Gasteiger partial charge >= 0.3 is 0 Å². The maximum Gasteiger partial charge on any atom is 0.136 e. The summed E-state index contributed by atoms with van der Waals surface area (Å²) in [7, 11) is 0. The molecule has 3 heteroatoms. The second-order valence-corrected chi connectivity index (χ2v) is 5.46. The Hall–Kier alpha value is -1.32. The van der Waals surface area contributed by atoms with Crippen LogP contribution in [0.2, 0.25) is 0 Å². The lowest BCUT2D eigenvalue weighted by atomic mass is 10.0. The summed E-state index contributed by atoms with van der Waals surface area (Å²) in [5.41, 5.74) is 9.35. The molecule has 2 nitrogen and oxygen atoms in total. The molecule has 0 fully saturated rings. The number of hydrogen-bond donors (Lipinski definition) is 1. The molecule has 1 unspecified atom stereocenters. The van der Waals surface area contributed by atoms with Gasteiger partial charge in [-0.25, -0.2) is 0 Å². The van der Waals surface area contributed by atoms with E-state index in [1.54, 1.807) is 0 Å². The van der Waals surface area contributed by atoms with Gasteiger partial charge in [-0.05, 0) is 48.7 Å². The minimum absolute atomic E-state index is 0.109. The monoisotopic (exact) mass is 319 g/mol. The van der Waals surface area contributed by atoms with Crippen molar-refractivity contribution in [2.45, 2.75) is 20.0 Å². The molecule has 1 atom stereocenters. The van der Waals surface area contributed by atoms with E-state index in [9.17, 15) is 0 Å². The predicted molar refractivity (Wildman–Crippen MR) is 82.5 cm³/mol. The summed E-state index contributed by atoms with van der Waals surface area (Å²) >= 11 is 3.49. The van der Waals surface area contributed by atoms with Crippen LogP contribution in [0.1, 0.15) is 22.8 Å². The Bertz CT molecular complexity index is 568. The van der Waals surface area contributed by atoms with Crippen LogP contribution in [0.25, 0.3) is 0 Å². The van der Waals surface area contributed by atoms with Gasteiger partial charge in [-0.2, -0.15) is 0 Å². The topological polar surface area (TPSA) is 35.2 Å². The van der Waals surface area contributed by atoms with E-state index < -0.39 is 0 Å². The highest BCUT2D eigenvalue weighted by molar-refractivity contribution is 9.10. The van der Waals surface area contributed by atoms with Crippen molar-refractivity contribution in [2.75, 3.05) is 6.54 Å². The van der Waals surface area contributed by atoms with Gasteiger partial charge in [-0.15, -0.1) is 0 Å². The second-order valence-electron chi connectivity index (χ2n) is 4.61. The lowest BCUT2D eigenvalue weighted by molar-refractivity contribution is 0.213. The standard InChI is InChI=1S/C16H18BrNO/c1-11-5-3-4-6-14(11)16(10-18)19-13-7-8-15(17)12(2)9-13/h3-9,16H,10,18H2,1-2H3. The fourth-order valence-corrected chi connectivity index (χ4v) is 2.29. The Balaban J connectivity index is 2.24. The molecular weight excluding hydrogens is 302 g/mol. The maximum absolute atomic E-state index is 6.02. The predicted octanol–water partition coefficient (Wildman–Crippen LogP) is 4.14. The van der Waals surface area contributed by atoms with E-state index in [1.165, 1.54) is 5.56 Å². The van der Waals surface area contributed by atoms with Crippen LogP contribution >= 0.6 is 15.9 Å². The summed E-state index contributed by atoms with van der Waals surface area (Å²) in [6, 6.07) is 14.2. The Morgan fingerprint density at radius 3 is 2.47 bits per heavy atom. The smallest absolute Gasteiger partial charge is 0.136 e. The number of hydrogen-bond acceptors (Lipinski definition) is 2. The van der Waals surface area contributed by atoms with Gasteiger partial charge in [0.1, 0.15) is 11.9 Å². The molecule has 19 heavy (non-hydrogen) atoms. The van der Waals surface area contributed by atoms with Crippen LogP contribution in [-0.4, -0.2) is 6.54 Å². The van der Waals surface area contributed by atoms with Crippen LogP contribution in [0.5, 0.6) is 5.75 Å². The van der Waals surface area contributed by atoms with Crippen LogP contribution in [0.15, 0.2) is 46.9 Å². The first kappa shape index (κ1) is 14.1. The minimum Gasteiger partial charge on any atom is -0.484 e. The average Bonchev–Trinajstić information content (AvgIpc) is 2.41. The van der Waals surface area contributed by atoms with Crippen molar-refractivity contribution in [3.63, 3.8) is 0 Å². The average molecular weight is 320 g/mol. The molecule has 0 saturated heterocycles. The maximum atomic E-state index is 6.02. The third-order valence-corrected chi connectivity index (χ3v) is 4.05. The third kappa shape index (κ3) is 3.37. The largest absolute Gasteiger partial charge is 0.484 e. The van der Waals surface area contributed by atoms with Gasteiger partial charge in [-0.1, -0.05) is 40.2 Å². The molecule has 2 N–H and O–H groups in total. The second kappa shape index (κ2) is 6.22. The van der Waals surface area contributed by atoms with Gasteiger partial charge in [0.15, 0.2) is 0 Å². The SMILES string of the molecule is Cc1cc(OC(CN)c2ccccc2C)ccc1Br. The quantitative estimate of drug-likeness (QED) is 0.919. The third-order valence-electron chi connectivity index (χ3n) is 3.16. The van der Waals surface area contributed by atoms with Crippen LogP contribution in [0.3, 0.4) is 0 Å². The molecule has 0 heterocycles. The first-order valence-electron chi connectivity index (χ1n) is 6.30. The molecule has 2 aromatic carbocycles. The Labute approximate surface area is 122 Å². The van der Waals surface area contributed by atoms with Crippen LogP contribution < -0.4 is 10.5 Å². The fourth-order valence-electron chi connectivity index (χ4n) is 2.04. The normalized spacial score (nSPS) is 12.2. The molecule has 0 radical (unpaired) electrons. The lowest BCUT2D eigenvalue weighted by Crippen LogP contribution is -2.19. The molecular formula is C16H18BrNO. The zero-order valence-electron chi connectivity index (χ0n) is 11.2. The summed E-state index contributed by atoms with van der Waals surface area (Å²) in [5.74, 6) is 0.847. The van der Waals surface area contributed by atoms with E-state index >= 15 is 0 Å². The highest BCUT2D eigenvalue weighted by atomic mass is 79.9. The number of benzene rings is 2. The Kier molecular flexibility index (Phi) is 4.61. The van der Waals surface area contributed by atoms with Gasteiger partial charge < -0.3 is 10.5 Å². The lowest BCUT2D eigenvalue weighted by Gasteiger charge is -2.20. The summed E-state index contributed by atoms with van der Waals surface area (Å²) in [6.45, 7) is 4.58. The van der Waals surface area contributed by atoms with Crippen molar-refractivity contribution in [2.24, 2.45) is 5.73 Å². The minimum atomic E-state index is -0.109. The van der Waals surface area contributed by atoms with E-state index in [4.69, 9.17) is 10.5 Å². The molecule has 0 aliphatic heterocycles. The first-order chi connectivity index (χ1) is 9.11. The Morgan fingerprint density at radius 1 is 1.11 bits per heavy atom. The van der Waals surface area contributed by atoms with E-state index in [0.29, 0.717) is 6.54 Å². The zero-order chi connectivity index (χ0) is 13.8. The molecule has 0 amide bonds. The molecule has 100 valence electrons. The molecule has 0 saturated carbocycles. The van der Waals surface area contributed by atoms with Gasteiger partial charge in [-0.3, -0.25) is 0 Å². The molecule has 2 aromatic rings. The zero-order valence-corrected chi connectivity index (χ0v) is 12.8. The summed E-state index contributed by atoms with van der Waals surface area (Å²) in [6.07, 6.45) is -0.109. The van der Waals surface area contributed by atoms with Gasteiger partial charge in [0.05, 0.1) is 0 Å². The van der Waals surface area contributed by atoms with Crippen LogP contribution in [0, 0.1) is 13.8 Å². The number of rotatable bonds is 4. The highest BCUT2D eigenvalue weighted by Crippen LogP contribution is 2.27. The van der Waals surface area contributed by atoms with Gasteiger partial charge in [0, 0.05) is 11.0 Å². The van der Waals surface area contributed by atoms with Gasteiger partial charge in [0.2, 0.25) is 0 Å². The molecule has 0 aromatic heterocycles. The van der Waals surface area contributed by atoms with Crippen LogP contribution in [0.4, 0.5) is 0 Å². The number of ether oxygens (including phenoxy) is 1. The van der Waals surface area contributed by atoms with Crippen molar-refractivity contribution in [1.29, 1.82) is 0 Å². The number of aryl methyl sites for hydroxylation is 2. The van der Waals surface area contributed by atoms with E-state index in [0.717, 1.165) is 21.3 Å². The van der Waals surface area contributed by atoms with Crippen molar-refractivity contribution in [3.8, 4) is 5.75 Å². The molecule has 0 bridgehead atoms. The summed E-state index contributed by atoms with van der Waals surface area (Å²) in [5, 5.41) is 0. The van der Waals surface area contributed by atoms with Gasteiger partial charge in [0.25, 0.3) is 0 Å². The van der Waals surface area contributed by atoms with E-state index in [2.05, 4.69) is 35.0 Å². The van der Waals surface area contributed by atoms with Crippen molar-refractivity contribution in [3.05, 3.63) is 63.6 Å². The van der Waals surface area contributed by atoms with Crippen molar-refractivity contribution < 1.29 is 4.74 Å². The first-order valence-corrected chi connectivity index (χ1v) is 7.09. The Morgan fingerprint density at radius 2 is 1.84 bits per heavy atom. The highest BCUT2D eigenvalue weighted by Gasteiger charge is 2.13. The fraction of sp³-hybridized carbons (Fsp3) is 0.250. The number of halogens is 1. The van der Waals surface area contributed by atoms with Crippen molar-refractivity contribution in [1.82, 2.24) is 0 Å². The molecule has 0 aliphatic carbocycles. The van der Waals surface area contributed by atoms with E-state index in [-0.39, 0.29) is 6.10 Å². The van der Waals surface area contributed by atoms with Crippen molar-refractivity contribution >= 4 is 15.9 Å². The van der Waals surface area contributed by atoms with Crippen LogP contribution in [-0.2, 0) is 0 Å².